The van der Waals surface area contributed by atoms with Crippen LogP contribution in [0.5, 0.6) is 0 Å². The topological polar surface area (TPSA) is 47.3 Å². The number of nitrogens with one attached hydrogen (secondary N) is 1. The fourth-order valence-electron chi connectivity index (χ4n) is 2.12. The SMILES string of the molecule is COCCC(NN)c1cccc2ccccc12. The van der Waals surface area contributed by atoms with E-state index in [1.807, 2.05) is 6.07 Å². The molecule has 3 heteroatoms. The molecule has 0 amide bonds. The fraction of sp³-hybridized carbons (Fsp3) is 0.286. The van der Waals surface area contributed by atoms with Crippen LogP contribution in [0.3, 0.4) is 0 Å². The lowest BCUT2D eigenvalue weighted by Crippen LogP contribution is -2.29. The second kappa shape index (κ2) is 5.77. The zero-order valence-corrected chi connectivity index (χ0v) is 10.0. The number of hydrazine groups is 1. The molecule has 0 bridgehead atoms. The van der Waals surface area contributed by atoms with E-state index in [4.69, 9.17) is 10.6 Å². The van der Waals surface area contributed by atoms with Gasteiger partial charge in [0.05, 0.1) is 0 Å². The number of fused-ring (bicyclic) bond motifs is 1. The fourth-order valence-corrected chi connectivity index (χ4v) is 2.12. The van der Waals surface area contributed by atoms with Crippen LogP contribution in [-0.4, -0.2) is 13.7 Å². The molecule has 0 aliphatic carbocycles. The highest BCUT2D eigenvalue weighted by molar-refractivity contribution is 5.86. The molecule has 0 fully saturated rings. The Kier molecular flexibility index (Phi) is 4.09. The Bertz CT molecular complexity index is 479. The Balaban J connectivity index is 2.38. The van der Waals surface area contributed by atoms with Crippen molar-refractivity contribution in [1.29, 1.82) is 0 Å². The van der Waals surface area contributed by atoms with Gasteiger partial charge in [-0.2, -0.15) is 0 Å². The molecule has 0 saturated heterocycles. The first kappa shape index (κ1) is 12.0. The molecule has 3 N–H and O–H groups in total. The molecular weight excluding hydrogens is 212 g/mol. The molecule has 0 heterocycles. The van der Waals surface area contributed by atoms with Crippen molar-refractivity contribution in [3.05, 3.63) is 48.0 Å². The van der Waals surface area contributed by atoms with Gasteiger partial charge in [0.1, 0.15) is 0 Å². The minimum absolute atomic E-state index is 0.126. The van der Waals surface area contributed by atoms with Gasteiger partial charge in [0.25, 0.3) is 0 Å². The van der Waals surface area contributed by atoms with Crippen LogP contribution < -0.4 is 11.3 Å². The first-order valence-electron chi connectivity index (χ1n) is 5.79. The van der Waals surface area contributed by atoms with Crippen molar-refractivity contribution in [3.8, 4) is 0 Å². The monoisotopic (exact) mass is 230 g/mol. The molecule has 2 rings (SSSR count). The highest BCUT2D eigenvalue weighted by atomic mass is 16.5. The van der Waals surface area contributed by atoms with Gasteiger partial charge in [0, 0.05) is 19.8 Å². The minimum atomic E-state index is 0.126. The maximum absolute atomic E-state index is 5.63. The summed E-state index contributed by atoms with van der Waals surface area (Å²) in [5.74, 6) is 5.63. The van der Waals surface area contributed by atoms with Crippen molar-refractivity contribution in [3.63, 3.8) is 0 Å². The predicted molar refractivity (Wildman–Crippen MR) is 70.5 cm³/mol. The zero-order chi connectivity index (χ0) is 12.1. The van der Waals surface area contributed by atoms with Gasteiger partial charge in [-0.05, 0) is 22.8 Å². The van der Waals surface area contributed by atoms with E-state index >= 15 is 0 Å². The average molecular weight is 230 g/mol. The molecule has 2 aromatic carbocycles. The smallest absolute Gasteiger partial charge is 0.0488 e. The molecule has 0 radical (unpaired) electrons. The van der Waals surface area contributed by atoms with Crippen molar-refractivity contribution >= 4 is 10.8 Å². The standard InChI is InChI=1S/C14H18N2O/c1-17-10-9-14(16-15)13-8-4-6-11-5-2-3-7-12(11)13/h2-8,14,16H,9-10,15H2,1H3. The highest BCUT2D eigenvalue weighted by Crippen LogP contribution is 2.25. The molecular formula is C14H18N2O. The summed E-state index contributed by atoms with van der Waals surface area (Å²) in [6.45, 7) is 0.693. The Hall–Kier alpha value is -1.42. The number of rotatable bonds is 5. The Morgan fingerprint density at radius 3 is 2.71 bits per heavy atom. The average Bonchev–Trinajstić information content (AvgIpc) is 2.40. The molecule has 0 spiro atoms. The van der Waals surface area contributed by atoms with E-state index in [1.165, 1.54) is 16.3 Å². The van der Waals surface area contributed by atoms with E-state index in [-0.39, 0.29) is 6.04 Å². The minimum Gasteiger partial charge on any atom is -0.385 e. The lowest BCUT2D eigenvalue weighted by Gasteiger charge is -2.18. The number of hydrogen-bond acceptors (Lipinski definition) is 3. The van der Waals surface area contributed by atoms with E-state index in [0.29, 0.717) is 6.61 Å². The van der Waals surface area contributed by atoms with Crippen LogP contribution in [0.15, 0.2) is 42.5 Å². The van der Waals surface area contributed by atoms with Gasteiger partial charge in [0.15, 0.2) is 0 Å². The first-order chi connectivity index (χ1) is 8.36. The summed E-state index contributed by atoms with van der Waals surface area (Å²) in [6.07, 6.45) is 0.862. The Labute approximate surface area is 102 Å². The molecule has 2 aromatic rings. The van der Waals surface area contributed by atoms with E-state index < -0.39 is 0 Å². The number of benzene rings is 2. The maximum atomic E-state index is 5.63. The second-order valence-corrected chi connectivity index (χ2v) is 4.07. The summed E-state index contributed by atoms with van der Waals surface area (Å²) in [5, 5.41) is 2.48. The summed E-state index contributed by atoms with van der Waals surface area (Å²) in [6, 6.07) is 14.8. The van der Waals surface area contributed by atoms with Gasteiger partial charge in [-0.25, -0.2) is 0 Å². The molecule has 0 aliphatic heterocycles. The third-order valence-corrected chi connectivity index (χ3v) is 3.01. The lowest BCUT2D eigenvalue weighted by atomic mass is 9.97. The largest absolute Gasteiger partial charge is 0.385 e. The van der Waals surface area contributed by atoms with E-state index in [0.717, 1.165) is 6.42 Å². The lowest BCUT2D eigenvalue weighted by molar-refractivity contribution is 0.183. The zero-order valence-electron chi connectivity index (χ0n) is 10.0. The van der Waals surface area contributed by atoms with Crippen molar-refractivity contribution in [1.82, 2.24) is 5.43 Å². The van der Waals surface area contributed by atoms with Crippen LogP contribution >= 0.6 is 0 Å². The van der Waals surface area contributed by atoms with Crippen molar-refractivity contribution in [2.24, 2.45) is 5.84 Å². The van der Waals surface area contributed by atoms with Gasteiger partial charge in [0.2, 0.25) is 0 Å². The quantitative estimate of drug-likeness (QED) is 0.612. The molecule has 0 aliphatic rings. The summed E-state index contributed by atoms with van der Waals surface area (Å²) in [5.41, 5.74) is 4.09. The molecule has 0 saturated carbocycles. The Morgan fingerprint density at radius 1 is 1.18 bits per heavy atom. The maximum Gasteiger partial charge on any atom is 0.0488 e. The summed E-state index contributed by atoms with van der Waals surface area (Å²) in [4.78, 5) is 0. The van der Waals surface area contributed by atoms with E-state index in [2.05, 4.69) is 41.8 Å². The van der Waals surface area contributed by atoms with Crippen LogP contribution in [0.4, 0.5) is 0 Å². The van der Waals surface area contributed by atoms with Crippen molar-refractivity contribution in [2.45, 2.75) is 12.5 Å². The second-order valence-electron chi connectivity index (χ2n) is 4.07. The van der Waals surface area contributed by atoms with Crippen LogP contribution in [0.25, 0.3) is 10.8 Å². The number of ether oxygens (including phenoxy) is 1. The molecule has 1 atom stereocenters. The number of hydrogen-bond donors (Lipinski definition) is 2. The van der Waals surface area contributed by atoms with E-state index in [9.17, 15) is 0 Å². The van der Waals surface area contributed by atoms with Crippen molar-refractivity contribution < 1.29 is 4.74 Å². The van der Waals surface area contributed by atoms with Gasteiger partial charge < -0.3 is 4.74 Å². The summed E-state index contributed by atoms with van der Waals surface area (Å²) < 4.78 is 5.11. The highest BCUT2D eigenvalue weighted by Gasteiger charge is 2.11. The summed E-state index contributed by atoms with van der Waals surface area (Å²) in [7, 11) is 1.71. The molecule has 1 unspecified atom stereocenters. The van der Waals surface area contributed by atoms with Gasteiger partial charge >= 0.3 is 0 Å². The molecule has 90 valence electrons. The summed E-state index contributed by atoms with van der Waals surface area (Å²) >= 11 is 0. The molecule has 0 aromatic heterocycles. The normalized spacial score (nSPS) is 12.8. The molecule has 17 heavy (non-hydrogen) atoms. The third kappa shape index (κ3) is 2.64. The van der Waals surface area contributed by atoms with Gasteiger partial charge in [-0.15, -0.1) is 0 Å². The first-order valence-corrected chi connectivity index (χ1v) is 5.79. The van der Waals surface area contributed by atoms with Gasteiger partial charge in [-0.3, -0.25) is 11.3 Å². The Morgan fingerprint density at radius 2 is 1.94 bits per heavy atom. The van der Waals surface area contributed by atoms with Crippen LogP contribution in [-0.2, 0) is 4.74 Å². The predicted octanol–water partition coefficient (Wildman–Crippen LogP) is 2.38. The molecule has 3 nitrogen and oxygen atoms in total. The third-order valence-electron chi connectivity index (χ3n) is 3.01. The van der Waals surface area contributed by atoms with E-state index in [1.54, 1.807) is 7.11 Å². The number of methoxy groups -OCH3 is 1. The van der Waals surface area contributed by atoms with Crippen LogP contribution in [0, 0.1) is 0 Å². The van der Waals surface area contributed by atoms with Crippen LogP contribution in [0.2, 0.25) is 0 Å². The van der Waals surface area contributed by atoms with Crippen molar-refractivity contribution in [2.75, 3.05) is 13.7 Å². The number of nitrogens with two attached hydrogens (primary N) is 1. The van der Waals surface area contributed by atoms with Gasteiger partial charge in [-0.1, -0.05) is 42.5 Å². The van der Waals surface area contributed by atoms with Crippen LogP contribution in [0.1, 0.15) is 18.0 Å².